The number of anilines is 1. The minimum Gasteiger partial charge on any atom is -0.460 e. The van der Waals surface area contributed by atoms with Gasteiger partial charge < -0.3 is 36.4 Å². The largest absolute Gasteiger partial charge is 0.460 e. The standard InChI is InChI=1S/C15H23N7O6/c1-6(16)13(24)27-4-8(28-14(25)7(2)17)3-26-5-9-19-10-11(20-9)21-15(18)22-12(10)23/h6-8H,3-5,16-17H2,1-2H3,(H4,18,19,20,21,22,23)/t6-,7-,8-/m0/s1. The Kier molecular flexibility index (Phi) is 7.03. The summed E-state index contributed by atoms with van der Waals surface area (Å²) >= 11 is 0. The number of aromatic nitrogens is 4. The Morgan fingerprint density at radius 1 is 1.07 bits per heavy atom. The first-order chi connectivity index (χ1) is 13.2. The van der Waals surface area contributed by atoms with Crippen LogP contribution < -0.4 is 22.8 Å². The fourth-order valence-corrected chi connectivity index (χ4v) is 2.02. The van der Waals surface area contributed by atoms with Gasteiger partial charge in [-0.2, -0.15) is 4.98 Å². The van der Waals surface area contributed by atoms with Gasteiger partial charge in [0.05, 0.1) is 6.61 Å². The summed E-state index contributed by atoms with van der Waals surface area (Å²) < 4.78 is 15.6. The molecule has 0 radical (unpaired) electrons. The zero-order valence-corrected chi connectivity index (χ0v) is 15.4. The number of carbonyl (C=O) groups excluding carboxylic acids is 2. The smallest absolute Gasteiger partial charge is 0.323 e. The van der Waals surface area contributed by atoms with E-state index in [1.54, 1.807) is 0 Å². The molecule has 8 N–H and O–H groups in total. The van der Waals surface area contributed by atoms with E-state index in [4.69, 9.17) is 31.4 Å². The predicted octanol–water partition coefficient (Wildman–Crippen LogP) is -2.11. The summed E-state index contributed by atoms with van der Waals surface area (Å²) in [7, 11) is 0. The first-order valence-electron chi connectivity index (χ1n) is 8.37. The molecule has 0 aliphatic carbocycles. The molecule has 2 heterocycles. The van der Waals surface area contributed by atoms with E-state index in [0.29, 0.717) is 5.82 Å². The number of fused-ring (bicyclic) bond motifs is 1. The Morgan fingerprint density at radius 3 is 2.39 bits per heavy atom. The van der Waals surface area contributed by atoms with E-state index in [1.165, 1.54) is 13.8 Å². The molecule has 2 rings (SSSR count). The molecule has 13 nitrogen and oxygen atoms in total. The van der Waals surface area contributed by atoms with Crippen LogP contribution in [0.5, 0.6) is 0 Å². The molecular formula is C15H23N7O6. The molecule has 2 aromatic rings. The zero-order chi connectivity index (χ0) is 20.8. The van der Waals surface area contributed by atoms with Crippen LogP contribution in [0.2, 0.25) is 0 Å². The van der Waals surface area contributed by atoms with Crippen LogP contribution in [0.1, 0.15) is 19.7 Å². The summed E-state index contributed by atoms with van der Waals surface area (Å²) in [5.74, 6) is -1.08. The third kappa shape index (κ3) is 5.73. The highest BCUT2D eigenvalue weighted by atomic mass is 16.6. The molecular weight excluding hydrogens is 374 g/mol. The number of hydrogen-bond donors (Lipinski definition) is 5. The number of nitrogens with two attached hydrogens (primary N) is 3. The lowest BCUT2D eigenvalue weighted by Gasteiger charge is -2.19. The minimum atomic E-state index is -0.900. The van der Waals surface area contributed by atoms with E-state index in [1.807, 2.05) is 0 Å². The lowest BCUT2D eigenvalue weighted by molar-refractivity contribution is -0.164. The number of rotatable bonds is 9. The number of nitrogens with zero attached hydrogens (tertiary/aromatic N) is 2. The van der Waals surface area contributed by atoms with Crippen LogP contribution in [0.25, 0.3) is 11.2 Å². The van der Waals surface area contributed by atoms with Crippen LogP contribution in [-0.4, -0.2) is 63.3 Å². The normalized spacial score (nSPS) is 14.4. The molecule has 0 bridgehead atoms. The van der Waals surface area contributed by atoms with E-state index >= 15 is 0 Å². The van der Waals surface area contributed by atoms with Crippen molar-refractivity contribution in [3.8, 4) is 0 Å². The summed E-state index contributed by atoms with van der Waals surface area (Å²) in [5, 5.41) is 0. The Balaban J connectivity index is 1.97. The van der Waals surface area contributed by atoms with Crippen LogP contribution in [-0.2, 0) is 30.4 Å². The first-order valence-corrected chi connectivity index (χ1v) is 8.37. The second-order valence-corrected chi connectivity index (χ2v) is 6.11. The number of nitrogen functional groups attached to an aromatic ring is 1. The van der Waals surface area contributed by atoms with Crippen molar-refractivity contribution in [1.29, 1.82) is 0 Å². The molecule has 0 saturated heterocycles. The topological polar surface area (TPSA) is 214 Å². The number of esters is 2. The van der Waals surface area contributed by atoms with E-state index in [0.717, 1.165) is 0 Å². The van der Waals surface area contributed by atoms with Crippen LogP contribution in [0, 0.1) is 0 Å². The number of aromatic amines is 2. The van der Waals surface area contributed by atoms with Crippen molar-refractivity contribution >= 4 is 29.1 Å². The van der Waals surface area contributed by atoms with Crippen molar-refractivity contribution in [2.45, 2.75) is 38.6 Å². The maximum absolute atomic E-state index is 11.8. The number of ether oxygens (including phenoxy) is 3. The molecule has 0 aromatic carbocycles. The fraction of sp³-hybridized carbons (Fsp3) is 0.533. The molecule has 0 fully saturated rings. The van der Waals surface area contributed by atoms with E-state index < -0.39 is 35.7 Å². The van der Waals surface area contributed by atoms with Crippen molar-refractivity contribution in [2.24, 2.45) is 11.5 Å². The van der Waals surface area contributed by atoms with Gasteiger partial charge in [-0.3, -0.25) is 19.4 Å². The first kappa shape index (κ1) is 21.3. The highest BCUT2D eigenvalue weighted by molar-refractivity contribution is 5.76. The molecule has 28 heavy (non-hydrogen) atoms. The average Bonchev–Trinajstić information content (AvgIpc) is 3.01. The molecule has 154 valence electrons. The number of nitrogens with one attached hydrogen (secondary N) is 2. The second-order valence-electron chi connectivity index (χ2n) is 6.11. The summed E-state index contributed by atoms with van der Waals surface area (Å²) in [6, 6.07) is -1.68. The van der Waals surface area contributed by atoms with Gasteiger partial charge in [-0.15, -0.1) is 0 Å². The molecule has 0 aliphatic rings. The summed E-state index contributed by atoms with van der Waals surface area (Å²) in [6.07, 6.45) is -0.900. The molecule has 0 saturated carbocycles. The van der Waals surface area contributed by atoms with Gasteiger partial charge in [0, 0.05) is 0 Å². The SMILES string of the molecule is C[C@H](N)C(=O)OC[C@H](COCc1nc2nc(N)[nH]c(=O)c2[nH]1)OC(=O)[C@H](C)N. The van der Waals surface area contributed by atoms with Crippen molar-refractivity contribution in [3.63, 3.8) is 0 Å². The Morgan fingerprint density at radius 2 is 1.75 bits per heavy atom. The van der Waals surface area contributed by atoms with Gasteiger partial charge in [-0.25, -0.2) is 4.98 Å². The molecule has 2 aromatic heterocycles. The predicted molar refractivity (Wildman–Crippen MR) is 96.7 cm³/mol. The van der Waals surface area contributed by atoms with Gasteiger partial charge in [0.2, 0.25) is 5.95 Å². The molecule has 13 heteroatoms. The van der Waals surface area contributed by atoms with Crippen LogP contribution in [0.15, 0.2) is 4.79 Å². The van der Waals surface area contributed by atoms with Crippen molar-refractivity contribution in [2.75, 3.05) is 18.9 Å². The Bertz CT molecular complexity index is 891. The van der Waals surface area contributed by atoms with E-state index in [2.05, 4.69) is 19.9 Å². The van der Waals surface area contributed by atoms with Crippen LogP contribution in [0.4, 0.5) is 5.95 Å². The second kappa shape index (κ2) is 9.25. The van der Waals surface area contributed by atoms with Crippen molar-refractivity contribution in [1.82, 2.24) is 19.9 Å². The highest BCUT2D eigenvalue weighted by Gasteiger charge is 2.21. The number of carbonyl (C=O) groups is 2. The quantitative estimate of drug-likeness (QED) is 0.289. The number of hydrogen-bond acceptors (Lipinski definition) is 11. The summed E-state index contributed by atoms with van der Waals surface area (Å²) in [5.41, 5.74) is 16.2. The minimum absolute atomic E-state index is 0.0524. The molecule has 0 amide bonds. The van der Waals surface area contributed by atoms with Gasteiger partial charge in [0.15, 0.2) is 17.3 Å². The molecule has 0 aliphatic heterocycles. The average molecular weight is 397 g/mol. The maximum atomic E-state index is 11.8. The maximum Gasteiger partial charge on any atom is 0.323 e. The van der Waals surface area contributed by atoms with Gasteiger partial charge in [0.1, 0.15) is 31.1 Å². The summed E-state index contributed by atoms with van der Waals surface area (Å²) in [4.78, 5) is 48.1. The van der Waals surface area contributed by atoms with Crippen LogP contribution >= 0.6 is 0 Å². The van der Waals surface area contributed by atoms with Crippen molar-refractivity contribution in [3.05, 3.63) is 16.2 Å². The van der Waals surface area contributed by atoms with E-state index in [-0.39, 0.29) is 36.9 Å². The zero-order valence-electron chi connectivity index (χ0n) is 15.4. The Hall–Kier alpha value is -3.03. The number of H-pyrrole nitrogens is 2. The lowest BCUT2D eigenvalue weighted by Crippen LogP contribution is -2.38. The van der Waals surface area contributed by atoms with Crippen molar-refractivity contribution < 1.29 is 23.8 Å². The fourth-order valence-electron chi connectivity index (χ4n) is 2.02. The van der Waals surface area contributed by atoms with Gasteiger partial charge >= 0.3 is 11.9 Å². The molecule has 0 spiro atoms. The van der Waals surface area contributed by atoms with Gasteiger partial charge in [-0.05, 0) is 13.8 Å². The Labute approximate surface area is 158 Å². The van der Waals surface area contributed by atoms with Crippen LogP contribution in [0.3, 0.4) is 0 Å². The summed E-state index contributed by atoms with van der Waals surface area (Å²) in [6.45, 7) is 2.50. The number of imidazole rings is 1. The van der Waals surface area contributed by atoms with Gasteiger partial charge in [0.25, 0.3) is 5.56 Å². The third-order valence-corrected chi connectivity index (χ3v) is 3.41. The monoisotopic (exact) mass is 397 g/mol. The molecule has 3 atom stereocenters. The van der Waals surface area contributed by atoms with E-state index in [9.17, 15) is 14.4 Å². The van der Waals surface area contributed by atoms with Gasteiger partial charge in [-0.1, -0.05) is 0 Å². The highest BCUT2D eigenvalue weighted by Crippen LogP contribution is 2.07. The third-order valence-electron chi connectivity index (χ3n) is 3.41. The molecule has 0 unspecified atom stereocenters. The lowest BCUT2D eigenvalue weighted by atomic mass is 10.3.